The Bertz CT molecular complexity index is 515. The van der Waals surface area contributed by atoms with Crippen molar-refractivity contribution in [3.05, 3.63) is 35.9 Å². The Morgan fingerprint density at radius 2 is 1.64 bits per heavy atom. The van der Waals surface area contributed by atoms with Crippen LogP contribution in [0, 0.1) is 5.92 Å². The molecule has 2 unspecified atom stereocenters. The Kier molecular flexibility index (Phi) is 4.15. The predicted octanol–water partition coefficient (Wildman–Crippen LogP) is 4.16. The molecule has 1 aromatic carbocycles. The summed E-state index contributed by atoms with van der Waals surface area (Å²) in [5, 5.41) is 4.62. The summed E-state index contributed by atoms with van der Waals surface area (Å²) in [5.74, 6) is 0.967. The molecule has 4 rings (SSSR count). The van der Waals surface area contributed by atoms with Crippen LogP contribution in [0.25, 0.3) is 0 Å². The van der Waals surface area contributed by atoms with Crippen molar-refractivity contribution in [2.45, 2.75) is 57.1 Å². The third-order valence-electron chi connectivity index (χ3n) is 5.55. The maximum absolute atomic E-state index is 5.98. The van der Waals surface area contributed by atoms with Crippen molar-refractivity contribution in [1.82, 2.24) is 4.90 Å². The maximum Gasteiger partial charge on any atom is 0.193 e. The quantitative estimate of drug-likeness (QED) is 0.837. The van der Waals surface area contributed by atoms with E-state index in [4.69, 9.17) is 4.84 Å². The Labute approximate surface area is 133 Å². The van der Waals surface area contributed by atoms with Crippen LogP contribution in [-0.4, -0.2) is 29.9 Å². The Balaban J connectivity index is 1.62. The topological polar surface area (TPSA) is 24.8 Å². The number of benzene rings is 1. The lowest BCUT2D eigenvalue weighted by Crippen LogP contribution is -2.39. The van der Waals surface area contributed by atoms with Gasteiger partial charge in [-0.1, -0.05) is 54.8 Å². The SMILES string of the molecule is c1ccc(C2C(C3CCCCC3)=NOC2N2CCCC2)cc1. The van der Waals surface area contributed by atoms with Gasteiger partial charge in [0.1, 0.15) is 0 Å². The van der Waals surface area contributed by atoms with Crippen molar-refractivity contribution in [3.8, 4) is 0 Å². The average molecular weight is 298 g/mol. The van der Waals surface area contributed by atoms with Crippen LogP contribution in [-0.2, 0) is 4.84 Å². The van der Waals surface area contributed by atoms with E-state index in [0.29, 0.717) is 11.8 Å². The van der Waals surface area contributed by atoms with Crippen molar-refractivity contribution < 1.29 is 4.84 Å². The minimum Gasteiger partial charge on any atom is -0.375 e. The minimum atomic E-state index is 0.127. The van der Waals surface area contributed by atoms with Gasteiger partial charge in [-0.15, -0.1) is 0 Å². The highest BCUT2D eigenvalue weighted by molar-refractivity contribution is 5.94. The summed E-state index contributed by atoms with van der Waals surface area (Å²) in [7, 11) is 0. The zero-order valence-electron chi connectivity index (χ0n) is 13.3. The molecule has 2 aliphatic heterocycles. The number of hydrogen-bond donors (Lipinski definition) is 0. The van der Waals surface area contributed by atoms with Crippen LogP contribution in [0.3, 0.4) is 0 Å². The van der Waals surface area contributed by atoms with Crippen LogP contribution >= 0.6 is 0 Å². The van der Waals surface area contributed by atoms with E-state index >= 15 is 0 Å². The summed E-state index contributed by atoms with van der Waals surface area (Å²) in [6.45, 7) is 2.31. The fourth-order valence-corrected chi connectivity index (χ4v) is 4.37. The lowest BCUT2D eigenvalue weighted by atomic mass is 9.78. The molecule has 1 aromatic rings. The van der Waals surface area contributed by atoms with Gasteiger partial charge in [0.15, 0.2) is 6.23 Å². The summed E-state index contributed by atoms with van der Waals surface area (Å²) in [6, 6.07) is 10.9. The number of likely N-dealkylation sites (tertiary alicyclic amines) is 1. The summed E-state index contributed by atoms with van der Waals surface area (Å²) in [6.07, 6.45) is 9.37. The number of nitrogens with zero attached hydrogens (tertiary/aromatic N) is 2. The van der Waals surface area contributed by atoms with Crippen LogP contribution in [0.4, 0.5) is 0 Å². The maximum atomic E-state index is 5.98. The van der Waals surface area contributed by atoms with Crippen molar-refractivity contribution in [2.24, 2.45) is 11.1 Å². The lowest BCUT2D eigenvalue weighted by Gasteiger charge is -2.30. The minimum absolute atomic E-state index is 0.127. The second-order valence-corrected chi connectivity index (χ2v) is 6.98. The molecule has 3 nitrogen and oxygen atoms in total. The third kappa shape index (κ3) is 2.67. The third-order valence-corrected chi connectivity index (χ3v) is 5.55. The molecule has 1 saturated heterocycles. The molecule has 2 atom stereocenters. The van der Waals surface area contributed by atoms with Crippen LogP contribution in [0.2, 0.25) is 0 Å². The van der Waals surface area contributed by atoms with Gasteiger partial charge in [0.25, 0.3) is 0 Å². The molecule has 1 saturated carbocycles. The van der Waals surface area contributed by atoms with Gasteiger partial charge in [-0.05, 0) is 31.2 Å². The number of hydrogen-bond acceptors (Lipinski definition) is 3. The predicted molar refractivity (Wildman–Crippen MR) is 88.9 cm³/mol. The second-order valence-electron chi connectivity index (χ2n) is 6.98. The van der Waals surface area contributed by atoms with Gasteiger partial charge in [0, 0.05) is 19.0 Å². The van der Waals surface area contributed by atoms with Gasteiger partial charge in [-0.25, -0.2) is 0 Å². The van der Waals surface area contributed by atoms with Crippen molar-refractivity contribution in [1.29, 1.82) is 0 Å². The molecule has 0 spiro atoms. The van der Waals surface area contributed by atoms with Crippen LogP contribution in [0.5, 0.6) is 0 Å². The van der Waals surface area contributed by atoms with E-state index in [0.717, 1.165) is 13.1 Å². The standard InChI is InChI=1S/C19H26N2O/c1-3-9-15(10-4-1)17-18(16-11-5-2-6-12-16)20-22-19(17)21-13-7-8-14-21/h1,3-4,9-10,16-17,19H,2,5-8,11-14H2. The summed E-state index contributed by atoms with van der Waals surface area (Å²) in [5.41, 5.74) is 2.70. The van der Waals surface area contributed by atoms with E-state index in [1.54, 1.807) is 0 Å². The molecular formula is C19H26N2O. The molecule has 22 heavy (non-hydrogen) atoms. The van der Waals surface area contributed by atoms with Gasteiger partial charge in [-0.3, -0.25) is 4.90 Å². The first-order chi connectivity index (χ1) is 10.9. The first kappa shape index (κ1) is 14.3. The van der Waals surface area contributed by atoms with E-state index < -0.39 is 0 Å². The van der Waals surface area contributed by atoms with E-state index in [1.807, 2.05) is 0 Å². The highest BCUT2D eigenvalue weighted by Crippen LogP contribution is 2.39. The van der Waals surface area contributed by atoms with Crippen molar-refractivity contribution in [3.63, 3.8) is 0 Å². The molecule has 0 aromatic heterocycles. The molecule has 0 N–H and O–H groups in total. The highest BCUT2D eigenvalue weighted by atomic mass is 16.7. The molecular weight excluding hydrogens is 272 g/mol. The molecule has 3 aliphatic rings. The van der Waals surface area contributed by atoms with Crippen LogP contribution in [0.15, 0.2) is 35.5 Å². The molecule has 1 aliphatic carbocycles. The van der Waals surface area contributed by atoms with Gasteiger partial charge < -0.3 is 4.84 Å². The number of oxime groups is 1. The average Bonchev–Trinajstić information content (AvgIpc) is 3.25. The smallest absolute Gasteiger partial charge is 0.193 e. The van der Waals surface area contributed by atoms with Crippen molar-refractivity contribution >= 4 is 5.71 Å². The Morgan fingerprint density at radius 1 is 0.909 bits per heavy atom. The first-order valence-electron chi connectivity index (χ1n) is 8.96. The Hall–Kier alpha value is -1.35. The highest BCUT2D eigenvalue weighted by Gasteiger charge is 2.42. The van der Waals surface area contributed by atoms with Crippen LogP contribution < -0.4 is 0 Å². The van der Waals surface area contributed by atoms with E-state index in [9.17, 15) is 0 Å². The summed E-state index contributed by atoms with van der Waals surface area (Å²) in [4.78, 5) is 8.48. The first-order valence-corrected chi connectivity index (χ1v) is 8.96. The fourth-order valence-electron chi connectivity index (χ4n) is 4.37. The van der Waals surface area contributed by atoms with E-state index in [-0.39, 0.29) is 6.23 Å². The molecule has 0 amide bonds. The largest absolute Gasteiger partial charge is 0.375 e. The fraction of sp³-hybridized carbons (Fsp3) is 0.632. The molecule has 2 heterocycles. The monoisotopic (exact) mass is 298 g/mol. The van der Waals surface area contributed by atoms with Crippen LogP contribution in [0.1, 0.15) is 56.4 Å². The second kappa shape index (κ2) is 6.41. The zero-order valence-corrected chi connectivity index (χ0v) is 13.3. The molecule has 118 valence electrons. The zero-order chi connectivity index (χ0) is 14.8. The van der Waals surface area contributed by atoms with Gasteiger partial charge in [0.05, 0.1) is 11.6 Å². The molecule has 0 bridgehead atoms. The van der Waals surface area contributed by atoms with Gasteiger partial charge in [-0.2, -0.15) is 0 Å². The lowest BCUT2D eigenvalue weighted by molar-refractivity contribution is -0.0340. The van der Waals surface area contributed by atoms with Gasteiger partial charge >= 0.3 is 0 Å². The molecule has 2 fully saturated rings. The van der Waals surface area contributed by atoms with Crippen molar-refractivity contribution in [2.75, 3.05) is 13.1 Å². The van der Waals surface area contributed by atoms with Gasteiger partial charge in [0.2, 0.25) is 0 Å². The normalized spacial score (nSPS) is 30.3. The Morgan fingerprint density at radius 3 is 2.36 bits per heavy atom. The van der Waals surface area contributed by atoms with E-state index in [2.05, 4.69) is 40.4 Å². The molecule has 3 heteroatoms. The van der Waals surface area contributed by atoms with E-state index in [1.165, 1.54) is 56.2 Å². The summed E-state index contributed by atoms with van der Waals surface area (Å²) < 4.78 is 0. The summed E-state index contributed by atoms with van der Waals surface area (Å²) >= 11 is 0. The molecule has 0 radical (unpaired) electrons. The number of rotatable bonds is 3.